The zero-order valence-electron chi connectivity index (χ0n) is 35.8. The van der Waals surface area contributed by atoms with Gasteiger partial charge in [-0.3, -0.25) is 0 Å². The highest BCUT2D eigenvalue weighted by molar-refractivity contribution is 7.01. The maximum atomic E-state index is 7.28. The SMILES string of the molecule is CC(C)(C)c1cc2c3c(c1)Oc1cc4c(cc1B3c1ccccc1O2)B1c2ccccc2Oc2cc(-c3ccccc3)cc(c21)N4c1c(-c2ccccc2)cccc1-c1ccccc1. The lowest BCUT2D eigenvalue weighted by Gasteiger charge is -2.43. The van der Waals surface area contributed by atoms with Crippen LogP contribution in [0.4, 0.5) is 17.1 Å². The summed E-state index contributed by atoms with van der Waals surface area (Å²) in [7, 11) is 0. The third-order valence-corrected chi connectivity index (χ3v) is 13.6. The van der Waals surface area contributed by atoms with Crippen molar-refractivity contribution in [1.29, 1.82) is 0 Å². The summed E-state index contributed by atoms with van der Waals surface area (Å²) in [6.45, 7) is 6.52. The smallest absolute Gasteiger partial charge is 0.260 e. The standard InChI is InChI=1S/C58H41B2NO3/c1-58(2,3)40-32-53-56-54(33-40)64-51-35-47-45(34-46(51)60(56)44-27-14-16-29-50(44)63-53)59-43-26-13-15-28-49(43)62-52-31-39(36-18-7-4-8-19-36)30-48(55(52)59)61(47)57-41(37-20-9-5-10-21-37)24-17-25-42(57)38-22-11-6-12-23-38/h4-35H,1-3H3. The molecule has 4 heterocycles. The van der Waals surface area contributed by atoms with Gasteiger partial charge >= 0.3 is 0 Å². The molecule has 4 aliphatic rings. The van der Waals surface area contributed by atoms with Gasteiger partial charge < -0.3 is 19.1 Å². The molecule has 0 atom stereocenters. The largest absolute Gasteiger partial charge is 0.458 e. The molecular weight excluding hydrogens is 780 g/mol. The van der Waals surface area contributed by atoms with E-state index in [0.29, 0.717) is 0 Å². The molecule has 0 saturated heterocycles. The predicted molar refractivity (Wildman–Crippen MR) is 265 cm³/mol. The Labute approximate surface area is 374 Å². The number of nitrogens with zero attached hydrogens (tertiary/aromatic N) is 1. The van der Waals surface area contributed by atoms with Crippen molar-refractivity contribution in [3.05, 3.63) is 200 Å². The zero-order valence-corrected chi connectivity index (χ0v) is 35.8. The molecule has 0 saturated carbocycles. The molecular formula is C58H41B2NO3. The maximum Gasteiger partial charge on any atom is 0.260 e. The second-order valence-corrected chi connectivity index (χ2v) is 18.4. The van der Waals surface area contributed by atoms with E-state index < -0.39 is 0 Å². The van der Waals surface area contributed by atoms with Gasteiger partial charge in [-0.05, 0) is 96.9 Å². The molecule has 302 valence electrons. The van der Waals surface area contributed by atoms with Gasteiger partial charge in [0.05, 0.1) is 5.69 Å². The molecule has 0 N–H and O–H groups in total. The Balaban J connectivity index is 1.16. The summed E-state index contributed by atoms with van der Waals surface area (Å²) in [6.07, 6.45) is 0. The maximum absolute atomic E-state index is 7.28. The molecule has 0 fully saturated rings. The Hall–Kier alpha value is -7.69. The molecule has 9 aromatic carbocycles. The van der Waals surface area contributed by atoms with Crippen LogP contribution < -0.4 is 51.9 Å². The van der Waals surface area contributed by atoms with E-state index in [1.807, 2.05) is 0 Å². The van der Waals surface area contributed by atoms with Gasteiger partial charge in [0.25, 0.3) is 13.4 Å². The van der Waals surface area contributed by atoms with Gasteiger partial charge in [-0.15, -0.1) is 0 Å². The van der Waals surface area contributed by atoms with E-state index in [-0.39, 0.29) is 18.8 Å². The quantitative estimate of drug-likeness (QED) is 0.166. The van der Waals surface area contributed by atoms with Gasteiger partial charge in [0.1, 0.15) is 34.5 Å². The number of rotatable bonds is 4. The van der Waals surface area contributed by atoms with Gasteiger partial charge in [-0.1, -0.05) is 172 Å². The van der Waals surface area contributed by atoms with Crippen molar-refractivity contribution in [3.8, 4) is 67.9 Å². The number of anilines is 3. The van der Waals surface area contributed by atoms with E-state index in [4.69, 9.17) is 14.2 Å². The fraction of sp³-hybridized carbons (Fsp3) is 0.0690. The van der Waals surface area contributed by atoms with Crippen molar-refractivity contribution in [2.75, 3.05) is 4.90 Å². The number of benzene rings is 9. The minimum atomic E-state index is -0.125. The van der Waals surface area contributed by atoms with Crippen molar-refractivity contribution in [2.45, 2.75) is 26.2 Å². The minimum absolute atomic E-state index is 0.0978. The average molecular weight is 822 g/mol. The van der Waals surface area contributed by atoms with E-state index in [1.165, 1.54) is 11.0 Å². The van der Waals surface area contributed by atoms with Crippen molar-refractivity contribution >= 4 is 63.3 Å². The molecule has 6 heteroatoms. The summed E-state index contributed by atoms with van der Waals surface area (Å²) < 4.78 is 21.1. The van der Waals surface area contributed by atoms with E-state index >= 15 is 0 Å². The molecule has 0 aliphatic carbocycles. The first-order chi connectivity index (χ1) is 31.4. The summed E-state index contributed by atoms with van der Waals surface area (Å²) in [5.41, 5.74) is 17.9. The molecule has 0 amide bonds. The van der Waals surface area contributed by atoms with Gasteiger partial charge in [-0.25, -0.2) is 0 Å². The average Bonchev–Trinajstić information content (AvgIpc) is 3.33. The van der Waals surface area contributed by atoms with Gasteiger partial charge in [0.15, 0.2) is 0 Å². The molecule has 0 bridgehead atoms. The minimum Gasteiger partial charge on any atom is -0.458 e. The first-order valence-corrected chi connectivity index (χ1v) is 22.2. The molecule has 0 radical (unpaired) electrons. The summed E-state index contributed by atoms with van der Waals surface area (Å²) in [5, 5.41) is 0. The van der Waals surface area contributed by atoms with Crippen LogP contribution in [0.2, 0.25) is 0 Å². The van der Waals surface area contributed by atoms with Crippen LogP contribution in [0.15, 0.2) is 194 Å². The number of hydrogen-bond acceptors (Lipinski definition) is 4. The first-order valence-electron chi connectivity index (χ1n) is 22.2. The molecule has 64 heavy (non-hydrogen) atoms. The van der Waals surface area contributed by atoms with Crippen LogP contribution in [0.3, 0.4) is 0 Å². The van der Waals surface area contributed by atoms with Crippen LogP contribution in [-0.2, 0) is 5.41 Å². The van der Waals surface area contributed by atoms with E-state index in [2.05, 4.69) is 220 Å². The summed E-state index contributed by atoms with van der Waals surface area (Å²) in [4.78, 5) is 2.52. The van der Waals surface area contributed by atoms with Crippen molar-refractivity contribution in [3.63, 3.8) is 0 Å². The van der Waals surface area contributed by atoms with Crippen molar-refractivity contribution in [2.24, 2.45) is 0 Å². The lowest BCUT2D eigenvalue weighted by atomic mass is 9.31. The predicted octanol–water partition coefficient (Wildman–Crippen LogP) is 11.1. The summed E-state index contributed by atoms with van der Waals surface area (Å²) in [6, 6.07) is 69.9. The Morgan fingerprint density at radius 2 is 0.859 bits per heavy atom. The van der Waals surface area contributed by atoms with Crippen LogP contribution in [0.1, 0.15) is 26.3 Å². The third-order valence-electron chi connectivity index (χ3n) is 13.6. The molecule has 0 spiro atoms. The normalized spacial score (nSPS) is 13.5. The highest BCUT2D eigenvalue weighted by atomic mass is 16.5. The number of hydrogen-bond donors (Lipinski definition) is 0. The Morgan fingerprint density at radius 1 is 0.359 bits per heavy atom. The number of para-hydroxylation sites is 3. The molecule has 4 aliphatic heterocycles. The Bertz CT molecular complexity index is 3310. The molecule has 0 unspecified atom stereocenters. The third kappa shape index (κ3) is 5.58. The zero-order chi connectivity index (χ0) is 42.7. The fourth-order valence-corrected chi connectivity index (χ4v) is 10.6. The van der Waals surface area contributed by atoms with Gasteiger partial charge in [0.2, 0.25) is 0 Å². The highest BCUT2D eigenvalue weighted by Crippen LogP contribution is 2.51. The van der Waals surface area contributed by atoms with Gasteiger partial charge in [-0.2, -0.15) is 0 Å². The van der Waals surface area contributed by atoms with Crippen molar-refractivity contribution < 1.29 is 14.2 Å². The second kappa shape index (κ2) is 13.9. The Kier molecular flexibility index (Phi) is 8.02. The second-order valence-electron chi connectivity index (χ2n) is 18.4. The molecule has 9 aromatic rings. The topological polar surface area (TPSA) is 30.9 Å². The number of fused-ring (bicyclic) bond motifs is 8. The van der Waals surface area contributed by atoms with Crippen LogP contribution in [-0.4, -0.2) is 13.4 Å². The van der Waals surface area contributed by atoms with Crippen molar-refractivity contribution in [1.82, 2.24) is 0 Å². The van der Waals surface area contributed by atoms with Crippen LogP contribution in [0.25, 0.3) is 33.4 Å². The lowest BCUT2D eigenvalue weighted by Crippen LogP contribution is -2.62. The molecule has 13 rings (SSSR count). The van der Waals surface area contributed by atoms with Gasteiger partial charge in [0, 0.05) is 34.0 Å². The molecule has 0 aromatic heterocycles. The summed E-state index contributed by atoms with van der Waals surface area (Å²) in [5.74, 6) is 5.16. The molecule has 4 nitrogen and oxygen atoms in total. The Morgan fingerprint density at radius 3 is 1.44 bits per heavy atom. The first kappa shape index (κ1) is 36.9. The van der Waals surface area contributed by atoms with E-state index in [1.54, 1.807) is 0 Å². The van der Waals surface area contributed by atoms with E-state index in [9.17, 15) is 0 Å². The van der Waals surface area contributed by atoms with Crippen LogP contribution in [0, 0.1) is 0 Å². The highest BCUT2D eigenvalue weighted by Gasteiger charge is 2.47. The monoisotopic (exact) mass is 821 g/mol. The van der Waals surface area contributed by atoms with Crippen LogP contribution >= 0.6 is 0 Å². The fourth-order valence-electron chi connectivity index (χ4n) is 10.6. The number of ether oxygens (including phenoxy) is 3. The lowest BCUT2D eigenvalue weighted by molar-refractivity contribution is 0.458. The van der Waals surface area contributed by atoms with E-state index in [0.717, 1.165) is 112 Å². The van der Waals surface area contributed by atoms with Crippen LogP contribution in [0.5, 0.6) is 34.5 Å². The summed E-state index contributed by atoms with van der Waals surface area (Å²) >= 11 is 0.